The van der Waals surface area contributed by atoms with E-state index in [9.17, 15) is 9.59 Å². The number of carbonyl (C=O) groups is 2. The monoisotopic (exact) mass is 502 g/mol. The Morgan fingerprint density at radius 2 is 1.57 bits per heavy atom. The minimum absolute atomic E-state index is 0.0611. The van der Waals surface area contributed by atoms with E-state index in [0.717, 1.165) is 16.7 Å². The molecule has 4 aromatic rings. The SMILES string of the molecule is COc1cc(C(=O)NC(C)c2nc3ccccc3n2CC(=O)N(C)c2ccccc2)cc(OC)c1OC. The number of aromatic nitrogens is 2. The van der Waals surface area contributed by atoms with Gasteiger partial charge in [-0.25, -0.2) is 4.98 Å². The molecule has 1 N–H and O–H groups in total. The number of benzene rings is 3. The Bertz CT molecular complexity index is 1390. The average Bonchev–Trinajstić information content (AvgIpc) is 3.30. The third-order valence-corrected chi connectivity index (χ3v) is 6.16. The van der Waals surface area contributed by atoms with Crippen LogP contribution in [0.25, 0.3) is 11.0 Å². The number of para-hydroxylation sites is 3. The second-order valence-electron chi connectivity index (χ2n) is 8.44. The van der Waals surface area contributed by atoms with Gasteiger partial charge in [-0.05, 0) is 43.3 Å². The van der Waals surface area contributed by atoms with Crippen LogP contribution < -0.4 is 24.4 Å². The first-order valence-electron chi connectivity index (χ1n) is 11.8. The van der Waals surface area contributed by atoms with E-state index in [-0.39, 0.29) is 18.4 Å². The zero-order valence-corrected chi connectivity index (χ0v) is 21.5. The number of hydrogen-bond donors (Lipinski definition) is 1. The maximum Gasteiger partial charge on any atom is 0.252 e. The molecule has 0 aliphatic heterocycles. The number of amides is 2. The van der Waals surface area contributed by atoms with E-state index in [0.29, 0.717) is 28.6 Å². The second-order valence-corrected chi connectivity index (χ2v) is 8.44. The van der Waals surface area contributed by atoms with Crippen LogP contribution in [0.4, 0.5) is 5.69 Å². The van der Waals surface area contributed by atoms with Crippen molar-refractivity contribution >= 4 is 28.5 Å². The van der Waals surface area contributed by atoms with E-state index in [1.54, 1.807) is 24.1 Å². The predicted octanol–water partition coefficient (Wildman–Crippen LogP) is 4.22. The van der Waals surface area contributed by atoms with Crippen LogP contribution in [-0.2, 0) is 11.3 Å². The van der Waals surface area contributed by atoms with Crippen molar-refractivity contribution in [1.82, 2.24) is 14.9 Å². The summed E-state index contributed by atoms with van der Waals surface area (Å²) >= 11 is 0. The lowest BCUT2D eigenvalue weighted by Crippen LogP contribution is -2.33. The summed E-state index contributed by atoms with van der Waals surface area (Å²) in [6, 6.07) is 19.7. The van der Waals surface area contributed by atoms with Crippen molar-refractivity contribution in [2.75, 3.05) is 33.3 Å². The van der Waals surface area contributed by atoms with Crippen LogP contribution in [0.5, 0.6) is 17.2 Å². The molecule has 0 radical (unpaired) electrons. The number of fused-ring (bicyclic) bond motifs is 1. The summed E-state index contributed by atoms with van der Waals surface area (Å²) < 4.78 is 17.9. The molecule has 0 fully saturated rings. The molecule has 0 saturated heterocycles. The number of carbonyl (C=O) groups excluding carboxylic acids is 2. The molecular formula is C28H30N4O5. The van der Waals surface area contributed by atoms with E-state index in [2.05, 4.69) is 5.32 Å². The van der Waals surface area contributed by atoms with Gasteiger partial charge in [0.2, 0.25) is 11.7 Å². The van der Waals surface area contributed by atoms with E-state index in [1.807, 2.05) is 66.1 Å². The fourth-order valence-corrected chi connectivity index (χ4v) is 4.18. The fourth-order valence-electron chi connectivity index (χ4n) is 4.18. The molecule has 0 spiro atoms. The van der Waals surface area contributed by atoms with Crippen LogP contribution in [0.2, 0.25) is 0 Å². The number of likely N-dealkylation sites (N-methyl/N-ethyl adjacent to an activating group) is 1. The molecule has 0 aliphatic carbocycles. The van der Waals surface area contributed by atoms with Crippen molar-refractivity contribution in [3.63, 3.8) is 0 Å². The van der Waals surface area contributed by atoms with Crippen LogP contribution in [-0.4, -0.2) is 49.7 Å². The van der Waals surface area contributed by atoms with Gasteiger partial charge in [-0.3, -0.25) is 9.59 Å². The van der Waals surface area contributed by atoms with Crippen LogP contribution in [0, 0.1) is 0 Å². The zero-order valence-electron chi connectivity index (χ0n) is 21.5. The average molecular weight is 503 g/mol. The normalized spacial score (nSPS) is 11.6. The number of nitrogens with one attached hydrogen (secondary N) is 1. The summed E-state index contributed by atoms with van der Waals surface area (Å²) in [4.78, 5) is 32.8. The Labute approximate surface area is 215 Å². The molecule has 1 aromatic heterocycles. The molecule has 9 heteroatoms. The van der Waals surface area contributed by atoms with Gasteiger partial charge >= 0.3 is 0 Å². The Balaban J connectivity index is 1.63. The predicted molar refractivity (Wildman–Crippen MR) is 142 cm³/mol. The molecular weight excluding hydrogens is 472 g/mol. The van der Waals surface area contributed by atoms with Crippen molar-refractivity contribution in [3.8, 4) is 17.2 Å². The van der Waals surface area contributed by atoms with Crippen LogP contribution in [0.1, 0.15) is 29.1 Å². The smallest absolute Gasteiger partial charge is 0.252 e. The highest BCUT2D eigenvalue weighted by Gasteiger charge is 2.23. The van der Waals surface area contributed by atoms with Gasteiger partial charge in [0.25, 0.3) is 5.91 Å². The van der Waals surface area contributed by atoms with Crippen LogP contribution in [0.3, 0.4) is 0 Å². The molecule has 2 amide bonds. The fraction of sp³-hybridized carbons (Fsp3) is 0.250. The number of nitrogens with zero attached hydrogens (tertiary/aromatic N) is 3. The highest BCUT2D eigenvalue weighted by atomic mass is 16.5. The molecule has 0 bridgehead atoms. The number of imidazole rings is 1. The zero-order chi connectivity index (χ0) is 26.5. The van der Waals surface area contributed by atoms with Gasteiger partial charge in [0, 0.05) is 18.3 Å². The van der Waals surface area contributed by atoms with Crippen LogP contribution >= 0.6 is 0 Å². The van der Waals surface area contributed by atoms with E-state index in [4.69, 9.17) is 19.2 Å². The van der Waals surface area contributed by atoms with Crippen molar-refractivity contribution in [2.45, 2.75) is 19.5 Å². The quantitative estimate of drug-likeness (QED) is 0.368. The number of hydrogen-bond acceptors (Lipinski definition) is 6. The Morgan fingerprint density at radius 3 is 2.19 bits per heavy atom. The lowest BCUT2D eigenvalue weighted by atomic mass is 10.1. The Kier molecular flexibility index (Phi) is 7.62. The Hall–Kier alpha value is -4.53. The maximum absolute atomic E-state index is 13.2. The molecule has 192 valence electrons. The van der Waals surface area contributed by atoms with E-state index in [1.165, 1.54) is 21.3 Å². The van der Waals surface area contributed by atoms with Gasteiger partial charge in [0.05, 0.1) is 38.4 Å². The topological polar surface area (TPSA) is 94.9 Å². The molecule has 3 aromatic carbocycles. The first kappa shape index (κ1) is 25.6. The number of anilines is 1. The Morgan fingerprint density at radius 1 is 0.946 bits per heavy atom. The van der Waals surface area contributed by atoms with Crippen LogP contribution in [0.15, 0.2) is 66.7 Å². The summed E-state index contributed by atoms with van der Waals surface area (Å²) in [6.07, 6.45) is 0. The molecule has 9 nitrogen and oxygen atoms in total. The highest BCUT2D eigenvalue weighted by Crippen LogP contribution is 2.38. The summed E-state index contributed by atoms with van der Waals surface area (Å²) in [6.45, 7) is 1.89. The van der Waals surface area contributed by atoms with Crippen molar-refractivity contribution in [3.05, 3.63) is 78.1 Å². The third kappa shape index (κ3) is 5.20. The summed E-state index contributed by atoms with van der Waals surface area (Å²) in [5, 5.41) is 2.99. The van der Waals surface area contributed by atoms with E-state index >= 15 is 0 Å². The standard InChI is InChI=1S/C28H30N4O5/c1-18(29-28(34)19-15-23(35-3)26(37-5)24(16-19)36-4)27-30-21-13-9-10-14-22(21)32(27)17-25(33)31(2)20-11-7-6-8-12-20/h6-16,18H,17H2,1-5H3,(H,29,34). The molecule has 1 atom stereocenters. The summed E-state index contributed by atoms with van der Waals surface area (Å²) in [7, 11) is 6.23. The first-order chi connectivity index (χ1) is 17.9. The van der Waals surface area contributed by atoms with E-state index < -0.39 is 6.04 Å². The van der Waals surface area contributed by atoms with Gasteiger partial charge in [-0.1, -0.05) is 30.3 Å². The molecule has 1 unspecified atom stereocenters. The molecule has 0 saturated carbocycles. The van der Waals surface area contributed by atoms with Crippen molar-refractivity contribution in [2.24, 2.45) is 0 Å². The molecule has 1 heterocycles. The van der Waals surface area contributed by atoms with Gasteiger partial charge < -0.3 is 29.0 Å². The highest BCUT2D eigenvalue weighted by molar-refractivity contribution is 5.96. The van der Waals surface area contributed by atoms with Gasteiger partial charge in [-0.15, -0.1) is 0 Å². The maximum atomic E-state index is 13.2. The number of methoxy groups -OCH3 is 3. The summed E-state index contributed by atoms with van der Waals surface area (Å²) in [5.74, 6) is 1.26. The largest absolute Gasteiger partial charge is 0.493 e. The lowest BCUT2D eigenvalue weighted by Gasteiger charge is -2.21. The molecule has 0 aliphatic rings. The number of ether oxygens (including phenoxy) is 3. The molecule has 37 heavy (non-hydrogen) atoms. The van der Waals surface area contributed by atoms with Crippen molar-refractivity contribution in [1.29, 1.82) is 0 Å². The first-order valence-corrected chi connectivity index (χ1v) is 11.8. The van der Waals surface area contributed by atoms with Crippen molar-refractivity contribution < 1.29 is 23.8 Å². The van der Waals surface area contributed by atoms with Gasteiger partial charge in [0.1, 0.15) is 12.4 Å². The third-order valence-electron chi connectivity index (χ3n) is 6.16. The lowest BCUT2D eigenvalue weighted by molar-refractivity contribution is -0.118. The van der Waals surface area contributed by atoms with Gasteiger partial charge in [0.15, 0.2) is 11.5 Å². The minimum Gasteiger partial charge on any atom is -0.493 e. The second kappa shape index (κ2) is 11.0. The summed E-state index contributed by atoms with van der Waals surface area (Å²) in [5.41, 5.74) is 2.67. The number of rotatable bonds is 9. The molecule has 4 rings (SSSR count). The van der Waals surface area contributed by atoms with Gasteiger partial charge in [-0.2, -0.15) is 0 Å². The minimum atomic E-state index is -0.506.